The summed E-state index contributed by atoms with van der Waals surface area (Å²) in [6, 6.07) is 9.99. The van der Waals surface area contributed by atoms with Crippen LogP contribution in [0.4, 0.5) is 0 Å². The van der Waals surface area contributed by atoms with Crippen LogP contribution in [0.1, 0.15) is 33.1 Å². The zero-order valence-electron chi connectivity index (χ0n) is 14.5. The molecule has 0 radical (unpaired) electrons. The molecule has 0 saturated carbocycles. The van der Waals surface area contributed by atoms with E-state index in [1.165, 1.54) is 0 Å². The van der Waals surface area contributed by atoms with E-state index in [0.717, 1.165) is 18.6 Å². The highest BCUT2D eigenvalue weighted by Gasteiger charge is 2.38. The van der Waals surface area contributed by atoms with Gasteiger partial charge < -0.3 is 14.5 Å². The van der Waals surface area contributed by atoms with Crippen LogP contribution in [0.5, 0.6) is 5.75 Å². The molecule has 2 heterocycles. The summed E-state index contributed by atoms with van der Waals surface area (Å²) in [6.45, 7) is 5.98. The third-order valence-corrected chi connectivity index (χ3v) is 4.93. The van der Waals surface area contributed by atoms with Crippen molar-refractivity contribution < 1.29 is 14.3 Å². The average molecular weight is 330 g/mol. The van der Waals surface area contributed by atoms with E-state index in [2.05, 4.69) is 0 Å². The molecule has 2 aliphatic heterocycles. The molecule has 1 aromatic carbocycles. The predicted octanol–water partition coefficient (Wildman–Crippen LogP) is 2.31. The van der Waals surface area contributed by atoms with Gasteiger partial charge in [0, 0.05) is 44.9 Å². The number of hydrogen-bond acceptors (Lipinski definition) is 3. The van der Waals surface area contributed by atoms with Gasteiger partial charge in [-0.05, 0) is 26.0 Å². The molecule has 2 aliphatic rings. The summed E-state index contributed by atoms with van der Waals surface area (Å²) in [4.78, 5) is 28.4. The van der Waals surface area contributed by atoms with Crippen molar-refractivity contribution in [3.8, 4) is 5.75 Å². The Balaban J connectivity index is 1.50. The minimum absolute atomic E-state index is 0.102. The van der Waals surface area contributed by atoms with Crippen molar-refractivity contribution in [2.24, 2.45) is 5.92 Å². The molecule has 130 valence electrons. The normalized spacial score (nSPS) is 22.3. The molecule has 0 aromatic heterocycles. The van der Waals surface area contributed by atoms with Gasteiger partial charge in [-0.25, -0.2) is 0 Å². The first kappa shape index (κ1) is 16.8. The number of carbonyl (C=O) groups is 2. The Morgan fingerprint density at radius 3 is 2.42 bits per heavy atom. The minimum Gasteiger partial charge on any atom is -0.490 e. The number of carbonyl (C=O) groups excluding carboxylic acids is 2. The number of ether oxygens (including phenoxy) is 1. The Kier molecular flexibility index (Phi) is 5.07. The zero-order chi connectivity index (χ0) is 17.1. The summed E-state index contributed by atoms with van der Waals surface area (Å²) in [5.74, 6) is 0.943. The molecule has 1 atom stereocenters. The third kappa shape index (κ3) is 3.71. The fourth-order valence-electron chi connectivity index (χ4n) is 3.54. The molecule has 2 amide bonds. The van der Waals surface area contributed by atoms with Crippen molar-refractivity contribution in [3.05, 3.63) is 30.3 Å². The molecule has 0 aliphatic carbocycles. The lowest BCUT2D eigenvalue weighted by Crippen LogP contribution is -2.45. The fourth-order valence-corrected chi connectivity index (χ4v) is 3.54. The van der Waals surface area contributed by atoms with Gasteiger partial charge in [0.2, 0.25) is 11.8 Å². The van der Waals surface area contributed by atoms with Crippen LogP contribution in [0.2, 0.25) is 0 Å². The highest BCUT2D eigenvalue weighted by atomic mass is 16.5. The van der Waals surface area contributed by atoms with Crippen LogP contribution >= 0.6 is 0 Å². The predicted molar refractivity (Wildman–Crippen MR) is 91.6 cm³/mol. The molecule has 1 unspecified atom stereocenters. The Labute approximate surface area is 143 Å². The molecule has 1 aromatic rings. The van der Waals surface area contributed by atoms with E-state index in [9.17, 15) is 9.59 Å². The second-order valence-electron chi connectivity index (χ2n) is 7.00. The lowest BCUT2D eigenvalue weighted by atomic mass is 10.0. The molecule has 2 fully saturated rings. The van der Waals surface area contributed by atoms with Crippen LogP contribution in [-0.4, -0.2) is 53.4 Å². The molecule has 0 N–H and O–H groups in total. The van der Waals surface area contributed by atoms with Crippen LogP contribution in [0.15, 0.2) is 30.3 Å². The second-order valence-corrected chi connectivity index (χ2v) is 7.00. The molecule has 5 nitrogen and oxygen atoms in total. The van der Waals surface area contributed by atoms with Gasteiger partial charge in [-0.1, -0.05) is 18.2 Å². The van der Waals surface area contributed by atoms with Gasteiger partial charge in [0.25, 0.3) is 0 Å². The smallest absolute Gasteiger partial charge is 0.227 e. The van der Waals surface area contributed by atoms with Crippen molar-refractivity contribution in [2.45, 2.75) is 45.3 Å². The number of rotatable bonds is 4. The third-order valence-electron chi connectivity index (χ3n) is 4.93. The molecule has 0 bridgehead atoms. The van der Waals surface area contributed by atoms with Crippen LogP contribution in [-0.2, 0) is 9.59 Å². The van der Waals surface area contributed by atoms with Crippen LogP contribution in [0.25, 0.3) is 0 Å². The fraction of sp³-hybridized carbons (Fsp3) is 0.579. The quantitative estimate of drug-likeness (QED) is 0.851. The molecule has 3 rings (SSSR count). The topological polar surface area (TPSA) is 49.9 Å². The van der Waals surface area contributed by atoms with E-state index in [0.29, 0.717) is 26.1 Å². The van der Waals surface area contributed by atoms with Gasteiger partial charge in [0.1, 0.15) is 11.9 Å². The summed E-state index contributed by atoms with van der Waals surface area (Å²) in [5.41, 5.74) is 0. The molecule has 5 heteroatoms. The first-order chi connectivity index (χ1) is 11.5. The Bertz CT molecular complexity index is 580. The van der Waals surface area contributed by atoms with Crippen molar-refractivity contribution in [2.75, 3.05) is 19.6 Å². The molecular formula is C19H26N2O3. The Morgan fingerprint density at radius 2 is 1.83 bits per heavy atom. The number of amides is 2. The largest absolute Gasteiger partial charge is 0.490 e. The van der Waals surface area contributed by atoms with E-state index in [4.69, 9.17) is 4.74 Å². The van der Waals surface area contributed by atoms with Crippen molar-refractivity contribution in [1.82, 2.24) is 9.80 Å². The van der Waals surface area contributed by atoms with E-state index in [1.54, 1.807) is 0 Å². The van der Waals surface area contributed by atoms with Crippen LogP contribution in [0.3, 0.4) is 0 Å². The highest BCUT2D eigenvalue weighted by molar-refractivity contribution is 5.89. The number of benzene rings is 1. The van der Waals surface area contributed by atoms with Gasteiger partial charge in [0.15, 0.2) is 0 Å². The van der Waals surface area contributed by atoms with Crippen molar-refractivity contribution >= 4 is 11.8 Å². The lowest BCUT2D eigenvalue weighted by molar-refractivity contribution is -0.137. The second kappa shape index (κ2) is 7.24. The average Bonchev–Trinajstić information content (AvgIpc) is 2.98. The first-order valence-electron chi connectivity index (χ1n) is 8.84. The van der Waals surface area contributed by atoms with E-state index >= 15 is 0 Å². The number of likely N-dealkylation sites (tertiary alicyclic amines) is 2. The first-order valence-corrected chi connectivity index (χ1v) is 8.84. The van der Waals surface area contributed by atoms with Gasteiger partial charge in [0.05, 0.1) is 5.92 Å². The van der Waals surface area contributed by atoms with Gasteiger partial charge in [-0.3, -0.25) is 9.59 Å². The molecule has 24 heavy (non-hydrogen) atoms. The number of piperidine rings is 1. The Morgan fingerprint density at radius 1 is 1.17 bits per heavy atom. The minimum atomic E-state index is -0.175. The maximum atomic E-state index is 12.7. The standard InChI is InChI=1S/C19H26N2O3/c1-14(2)21-13-15(12-18(21)22)19(23)20-10-8-17(9-11-20)24-16-6-4-3-5-7-16/h3-7,14-15,17H,8-13H2,1-2H3. The van der Waals surface area contributed by atoms with Gasteiger partial charge in [-0.2, -0.15) is 0 Å². The van der Waals surface area contributed by atoms with Crippen molar-refractivity contribution in [1.29, 1.82) is 0 Å². The summed E-state index contributed by atoms with van der Waals surface area (Å²) in [7, 11) is 0. The lowest BCUT2D eigenvalue weighted by Gasteiger charge is -2.33. The van der Waals surface area contributed by atoms with Gasteiger partial charge >= 0.3 is 0 Å². The summed E-state index contributed by atoms with van der Waals surface area (Å²) >= 11 is 0. The molecular weight excluding hydrogens is 304 g/mol. The summed E-state index contributed by atoms with van der Waals surface area (Å²) in [5, 5.41) is 0. The SMILES string of the molecule is CC(C)N1CC(C(=O)N2CCC(Oc3ccccc3)CC2)CC1=O. The van der Waals surface area contributed by atoms with E-state index < -0.39 is 0 Å². The maximum absolute atomic E-state index is 12.7. The van der Waals surface area contributed by atoms with E-state index in [1.807, 2.05) is 54.0 Å². The van der Waals surface area contributed by atoms with Gasteiger partial charge in [-0.15, -0.1) is 0 Å². The van der Waals surface area contributed by atoms with Crippen LogP contribution in [0, 0.1) is 5.92 Å². The molecule has 0 spiro atoms. The van der Waals surface area contributed by atoms with Crippen LogP contribution < -0.4 is 4.74 Å². The number of nitrogens with zero attached hydrogens (tertiary/aromatic N) is 2. The van der Waals surface area contributed by atoms with E-state index in [-0.39, 0.29) is 29.9 Å². The number of para-hydroxylation sites is 1. The Hall–Kier alpha value is -2.04. The monoisotopic (exact) mass is 330 g/mol. The highest BCUT2D eigenvalue weighted by Crippen LogP contribution is 2.25. The summed E-state index contributed by atoms with van der Waals surface area (Å²) < 4.78 is 5.97. The zero-order valence-corrected chi connectivity index (χ0v) is 14.5. The molecule has 2 saturated heterocycles. The number of hydrogen-bond donors (Lipinski definition) is 0. The summed E-state index contributed by atoms with van der Waals surface area (Å²) in [6.07, 6.45) is 2.20. The maximum Gasteiger partial charge on any atom is 0.227 e. The van der Waals surface area contributed by atoms with Crippen molar-refractivity contribution in [3.63, 3.8) is 0 Å².